The van der Waals surface area contributed by atoms with Gasteiger partial charge in [-0.2, -0.15) is 0 Å². The normalized spacial score (nSPS) is 14.8. The highest BCUT2D eigenvalue weighted by Crippen LogP contribution is 2.24. The van der Waals surface area contributed by atoms with E-state index in [0.717, 1.165) is 24.0 Å². The summed E-state index contributed by atoms with van der Waals surface area (Å²) in [6.45, 7) is 3.86. The minimum Gasteiger partial charge on any atom is -0.444 e. The summed E-state index contributed by atoms with van der Waals surface area (Å²) in [4.78, 5) is 25.0. The lowest BCUT2D eigenvalue weighted by Crippen LogP contribution is -2.33. The maximum Gasteiger partial charge on any atom is 0.339 e. The Morgan fingerprint density at radius 2 is 1.67 bits per heavy atom. The first-order chi connectivity index (χ1) is 11.5. The summed E-state index contributed by atoms with van der Waals surface area (Å²) in [7, 11) is 0. The van der Waals surface area contributed by atoms with E-state index in [-0.39, 0.29) is 11.9 Å². The molecule has 0 spiro atoms. The fourth-order valence-electron chi connectivity index (χ4n) is 2.67. The molecule has 124 valence electrons. The Morgan fingerprint density at radius 3 is 2.25 bits per heavy atom. The smallest absolute Gasteiger partial charge is 0.339 e. The van der Waals surface area contributed by atoms with Crippen LogP contribution in [0.25, 0.3) is 0 Å². The van der Waals surface area contributed by atoms with Crippen molar-refractivity contribution in [2.45, 2.75) is 38.8 Å². The molecule has 0 unspecified atom stereocenters. The summed E-state index contributed by atoms with van der Waals surface area (Å²) in [5, 5.41) is 2.92. The lowest BCUT2D eigenvalue weighted by molar-refractivity contribution is -0.130. The van der Waals surface area contributed by atoms with Gasteiger partial charge in [0, 0.05) is 11.6 Å². The van der Waals surface area contributed by atoms with Crippen LogP contribution in [-0.2, 0) is 9.53 Å². The number of carbonyl (C=O) groups excluding carboxylic acids is 2. The molecule has 0 saturated heterocycles. The number of amides is 1. The standard InChI is InChI=1S/C20H21NO3/c1-13-10-14(2)12-16(11-13)20(23)24-18(15-6-4-3-5-7-15)19(22)21-17-8-9-17/h3-7,10-12,17-18H,8-9H2,1-2H3,(H,21,22)/t18-/m0/s1. The molecule has 0 aromatic heterocycles. The molecule has 0 aliphatic heterocycles. The molecule has 1 aliphatic rings. The molecule has 0 bridgehead atoms. The second-order valence-corrected chi connectivity index (χ2v) is 6.36. The van der Waals surface area contributed by atoms with Crippen molar-refractivity contribution in [3.8, 4) is 0 Å². The number of ether oxygens (including phenoxy) is 1. The predicted octanol–water partition coefficient (Wildman–Crippen LogP) is 3.48. The van der Waals surface area contributed by atoms with Crippen LogP contribution in [0.2, 0.25) is 0 Å². The maximum atomic E-state index is 12.5. The highest BCUT2D eigenvalue weighted by atomic mass is 16.5. The van der Waals surface area contributed by atoms with E-state index in [0.29, 0.717) is 11.1 Å². The molecular weight excluding hydrogens is 302 g/mol. The van der Waals surface area contributed by atoms with Crippen molar-refractivity contribution in [3.05, 3.63) is 70.8 Å². The SMILES string of the molecule is Cc1cc(C)cc(C(=O)O[C@H](C(=O)NC2CC2)c2ccccc2)c1. The van der Waals surface area contributed by atoms with E-state index < -0.39 is 12.1 Å². The number of esters is 1. The van der Waals surface area contributed by atoms with E-state index >= 15 is 0 Å². The van der Waals surface area contributed by atoms with Crippen molar-refractivity contribution in [2.75, 3.05) is 0 Å². The highest BCUT2D eigenvalue weighted by Gasteiger charge is 2.31. The topological polar surface area (TPSA) is 55.4 Å². The number of hydrogen-bond acceptors (Lipinski definition) is 3. The number of rotatable bonds is 5. The van der Waals surface area contributed by atoms with Gasteiger partial charge in [-0.3, -0.25) is 4.79 Å². The van der Waals surface area contributed by atoms with E-state index in [2.05, 4.69) is 5.32 Å². The molecule has 2 aromatic carbocycles. The van der Waals surface area contributed by atoms with Crippen LogP contribution in [0.15, 0.2) is 48.5 Å². The van der Waals surface area contributed by atoms with Gasteiger partial charge in [0.15, 0.2) is 0 Å². The molecule has 1 amide bonds. The Labute approximate surface area is 141 Å². The number of nitrogens with one attached hydrogen (secondary N) is 1. The van der Waals surface area contributed by atoms with Gasteiger partial charge in [0.25, 0.3) is 5.91 Å². The van der Waals surface area contributed by atoms with Crippen molar-refractivity contribution in [2.24, 2.45) is 0 Å². The second-order valence-electron chi connectivity index (χ2n) is 6.36. The molecule has 4 heteroatoms. The molecule has 0 radical (unpaired) electrons. The first-order valence-corrected chi connectivity index (χ1v) is 8.17. The van der Waals surface area contributed by atoms with Gasteiger partial charge in [-0.1, -0.05) is 47.5 Å². The van der Waals surface area contributed by atoms with E-state index in [1.807, 2.05) is 38.1 Å². The fourth-order valence-corrected chi connectivity index (χ4v) is 2.67. The quantitative estimate of drug-likeness (QED) is 0.857. The third-order valence-corrected chi connectivity index (χ3v) is 3.95. The van der Waals surface area contributed by atoms with E-state index in [1.165, 1.54) is 0 Å². The Kier molecular flexibility index (Phi) is 4.65. The average Bonchev–Trinajstić information content (AvgIpc) is 3.36. The summed E-state index contributed by atoms with van der Waals surface area (Å²) >= 11 is 0. The van der Waals surface area contributed by atoms with Crippen LogP contribution >= 0.6 is 0 Å². The van der Waals surface area contributed by atoms with Gasteiger partial charge in [0.05, 0.1) is 5.56 Å². The van der Waals surface area contributed by atoms with Crippen molar-refractivity contribution in [1.29, 1.82) is 0 Å². The maximum absolute atomic E-state index is 12.5. The molecule has 1 fully saturated rings. The van der Waals surface area contributed by atoms with Crippen LogP contribution in [0, 0.1) is 13.8 Å². The van der Waals surface area contributed by atoms with Crippen LogP contribution in [0.3, 0.4) is 0 Å². The van der Waals surface area contributed by atoms with Crippen molar-refractivity contribution >= 4 is 11.9 Å². The summed E-state index contributed by atoms with van der Waals surface area (Å²) in [6.07, 6.45) is 1.04. The molecule has 1 aliphatic carbocycles. The van der Waals surface area contributed by atoms with Crippen molar-refractivity contribution in [3.63, 3.8) is 0 Å². The summed E-state index contributed by atoms with van der Waals surface area (Å²) < 4.78 is 5.57. The Morgan fingerprint density at radius 1 is 1.04 bits per heavy atom. The first kappa shape index (κ1) is 16.2. The summed E-state index contributed by atoms with van der Waals surface area (Å²) in [5.41, 5.74) is 3.11. The van der Waals surface area contributed by atoms with Gasteiger partial charge in [-0.25, -0.2) is 4.79 Å². The molecule has 4 nitrogen and oxygen atoms in total. The molecule has 24 heavy (non-hydrogen) atoms. The van der Waals surface area contributed by atoms with Gasteiger partial charge in [0.1, 0.15) is 0 Å². The van der Waals surface area contributed by atoms with E-state index in [9.17, 15) is 9.59 Å². The van der Waals surface area contributed by atoms with Crippen molar-refractivity contribution in [1.82, 2.24) is 5.32 Å². The van der Waals surface area contributed by atoms with Gasteiger partial charge < -0.3 is 10.1 Å². The number of carbonyl (C=O) groups is 2. The number of hydrogen-bond donors (Lipinski definition) is 1. The fraction of sp³-hybridized carbons (Fsp3) is 0.300. The third kappa shape index (κ3) is 4.02. The number of aryl methyl sites for hydroxylation is 2. The average molecular weight is 323 g/mol. The third-order valence-electron chi connectivity index (χ3n) is 3.95. The van der Waals surface area contributed by atoms with Crippen molar-refractivity contribution < 1.29 is 14.3 Å². The first-order valence-electron chi connectivity index (χ1n) is 8.17. The van der Waals surface area contributed by atoms with Gasteiger partial charge in [0.2, 0.25) is 6.10 Å². The number of benzene rings is 2. The monoisotopic (exact) mass is 323 g/mol. The minimum atomic E-state index is -0.930. The molecular formula is C20H21NO3. The zero-order chi connectivity index (χ0) is 17.1. The Bertz CT molecular complexity index is 730. The van der Waals surface area contributed by atoms with E-state index in [4.69, 9.17) is 4.74 Å². The predicted molar refractivity (Wildman–Crippen MR) is 91.7 cm³/mol. The molecule has 1 saturated carbocycles. The lowest BCUT2D eigenvalue weighted by Gasteiger charge is -2.18. The largest absolute Gasteiger partial charge is 0.444 e. The molecule has 1 N–H and O–H groups in total. The van der Waals surface area contributed by atoms with Gasteiger partial charge in [-0.15, -0.1) is 0 Å². The van der Waals surface area contributed by atoms with Crippen LogP contribution in [0.5, 0.6) is 0 Å². The molecule has 3 rings (SSSR count). The molecule has 0 heterocycles. The summed E-state index contributed by atoms with van der Waals surface area (Å²) in [6, 6.07) is 14.9. The highest BCUT2D eigenvalue weighted by molar-refractivity contribution is 5.93. The molecule has 2 aromatic rings. The van der Waals surface area contributed by atoms with Crippen LogP contribution in [0.1, 0.15) is 46.0 Å². The van der Waals surface area contributed by atoms with Crippen LogP contribution in [0.4, 0.5) is 0 Å². The molecule has 1 atom stereocenters. The van der Waals surface area contributed by atoms with Crippen LogP contribution in [-0.4, -0.2) is 17.9 Å². The Balaban J connectivity index is 1.82. The second kappa shape index (κ2) is 6.87. The zero-order valence-corrected chi connectivity index (χ0v) is 13.9. The zero-order valence-electron chi connectivity index (χ0n) is 13.9. The van der Waals surface area contributed by atoms with Crippen LogP contribution < -0.4 is 5.32 Å². The van der Waals surface area contributed by atoms with Gasteiger partial charge in [-0.05, 0) is 38.8 Å². The minimum absolute atomic E-state index is 0.212. The van der Waals surface area contributed by atoms with Gasteiger partial charge >= 0.3 is 5.97 Å². The van der Waals surface area contributed by atoms with E-state index in [1.54, 1.807) is 24.3 Å². The Hall–Kier alpha value is -2.62. The summed E-state index contributed by atoms with van der Waals surface area (Å²) in [5.74, 6) is -0.747. The lowest BCUT2D eigenvalue weighted by atomic mass is 10.1.